The summed E-state index contributed by atoms with van der Waals surface area (Å²) in [7, 11) is 3.14. The van der Waals surface area contributed by atoms with Gasteiger partial charge in [-0.25, -0.2) is 4.98 Å². The molecule has 2 atom stereocenters. The minimum atomic E-state index is -0.256. The Morgan fingerprint density at radius 1 is 1.24 bits per heavy atom. The van der Waals surface area contributed by atoms with Crippen molar-refractivity contribution in [3.8, 4) is 11.5 Å². The lowest BCUT2D eigenvalue weighted by atomic mass is 9.77. The third-order valence-corrected chi connectivity index (χ3v) is 8.76. The Bertz CT molecular complexity index is 1240. The van der Waals surface area contributed by atoms with Crippen LogP contribution < -0.4 is 20.3 Å². The number of carbonyl (C=O) groups is 1. The number of ether oxygens (including phenoxy) is 2. The molecule has 2 aromatic carbocycles. The van der Waals surface area contributed by atoms with Gasteiger partial charge in [-0.15, -0.1) is 0 Å². The number of nitrogens with zero attached hydrogens (tertiary/aromatic N) is 2. The number of anilines is 1. The number of benzene rings is 2. The van der Waals surface area contributed by atoms with Gasteiger partial charge in [-0.2, -0.15) is 0 Å². The van der Waals surface area contributed by atoms with E-state index in [0.29, 0.717) is 29.0 Å². The predicted octanol–water partition coefficient (Wildman–Crippen LogP) is 5.23. The summed E-state index contributed by atoms with van der Waals surface area (Å²) in [6.07, 6.45) is 4.94. The van der Waals surface area contributed by atoms with E-state index in [4.69, 9.17) is 9.47 Å². The van der Waals surface area contributed by atoms with Gasteiger partial charge in [0.2, 0.25) is 11.9 Å². The molecule has 1 aromatic heterocycles. The van der Waals surface area contributed by atoms with Gasteiger partial charge in [0.15, 0.2) is 11.5 Å². The quantitative estimate of drug-likeness (QED) is 0.308. The van der Waals surface area contributed by atoms with Gasteiger partial charge in [-0.05, 0) is 37.0 Å². The van der Waals surface area contributed by atoms with Crippen molar-refractivity contribution in [1.82, 2.24) is 9.55 Å². The summed E-state index contributed by atoms with van der Waals surface area (Å²) >= 11 is 2.45. The van der Waals surface area contributed by atoms with Crippen molar-refractivity contribution in [1.29, 1.82) is 0 Å². The zero-order valence-corrected chi connectivity index (χ0v) is 21.9. The summed E-state index contributed by atoms with van der Waals surface area (Å²) in [6.45, 7) is 2.48. The Morgan fingerprint density at radius 2 is 2.00 bits per heavy atom. The second-order valence-corrected chi connectivity index (χ2v) is 10.9. The number of amides is 1. The SMILES string of the molecule is CCC1(I)CCCCC1C(=O)Nc1nc2c(OC)c(OCc3ccccc3)ccc2c(=O)n1C. The summed E-state index contributed by atoms with van der Waals surface area (Å²) in [6, 6.07) is 13.2. The molecule has 0 saturated heterocycles. The van der Waals surface area contributed by atoms with Gasteiger partial charge in [-0.3, -0.25) is 19.5 Å². The number of hydrogen-bond acceptors (Lipinski definition) is 5. The molecule has 1 amide bonds. The van der Waals surface area contributed by atoms with Crippen LogP contribution in [0.3, 0.4) is 0 Å². The highest BCUT2D eigenvalue weighted by Gasteiger charge is 2.41. The summed E-state index contributed by atoms with van der Waals surface area (Å²) in [5.74, 6) is 0.856. The molecule has 0 bridgehead atoms. The van der Waals surface area contributed by atoms with E-state index in [1.165, 1.54) is 11.7 Å². The molecule has 1 fully saturated rings. The number of carbonyl (C=O) groups excluding carboxylic acids is 1. The summed E-state index contributed by atoms with van der Waals surface area (Å²) in [4.78, 5) is 31.1. The zero-order valence-electron chi connectivity index (χ0n) is 19.8. The number of alkyl halides is 1. The molecule has 1 N–H and O–H groups in total. The Kier molecular flexibility index (Phi) is 7.45. The van der Waals surface area contributed by atoms with Crippen LogP contribution in [0.4, 0.5) is 5.95 Å². The molecule has 0 spiro atoms. The fourth-order valence-electron chi connectivity index (χ4n) is 4.64. The molecular formula is C26H30IN3O4. The van der Waals surface area contributed by atoms with Crippen LogP contribution in [0.2, 0.25) is 0 Å². The first-order valence-corrected chi connectivity index (χ1v) is 12.7. The van der Waals surface area contributed by atoms with Crippen molar-refractivity contribution in [3.05, 3.63) is 58.4 Å². The number of halogens is 1. The maximum Gasteiger partial charge on any atom is 0.262 e. The van der Waals surface area contributed by atoms with Crippen molar-refractivity contribution in [3.63, 3.8) is 0 Å². The molecule has 3 aromatic rings. The van der Waals surface area contributed by atoms with Crippen LogP contribution in [0.5, 0.6) is 11.5 Å². The normalized spacial score (nSPS) is 20.2. The van der Waals surface area contributed by atoms with E-state index in [9.17, 15) is 9.59 Å². The number of nitrogens with one attached hydrogen (secondary N) is 1. The van der Waals surface area contributed by atoms with Gasteiger partial charge in [0, 0.05) is 10.5 Å². The van der Waals surface area contributed by atoms with E-state index in [0.717, 1.165) is 37.7 Å². The fraction of sp³-hybridized carbons (Fsp3) is 0.423. The Labute approximate surface area is 213 Å². The van der Waals surface area contributed by atoms with Gasteiger partial charge in [0.05, 0.1) is 18.4 Å². The lowest BCUT2D eigenvalue weighted by Gasteiger charge is -2.38. The molecule has 1 saturated carbocycles. The zero-order chi connectivity index (χ0) is 24.3. The largest absolute Gasteiger partial charge is 0.491 e. The number of aromatic nitrogens is 2. The average Bonchev–Trinajstić information content (AvgIpc) is 2.86. The second-order valence-electron chi connectivity index (χ2n) is 8.74. The highest BCUT2D eigenvalue weighted by Crippen LogP contribution is 2.44. The van der Waals surface area contributed by atoms with Crippen LogP contribution in [0.25, 0.3) is 10.9 Å². The summed E-state index contributed by atoms with van der Waals surface area (Å²) < 4.78 is 12.9. The molecule has 8 heteroatoms. The molecule has 7 nitrogen and oxygen atoms in total. The Balaban J connectivity index is 1.68. The van der Waals surface area contributed by atoms with Crippen molar-refractivity contribution in [2.75, 3.05) is 12.4 Å². The molecular weight excluding hydrogens is 545 g/mol. The van der Waals surface area contributed by atoms with Crippen molar-refractivity contribution < 1.29 is 14.3 Å². The molecule has 1 heterocycles. The topological polar surface area (TPSA) is 82.5 Å². The minimum absolute atomic E-state index is 0.0774. The number of methoxy groups -OCH3 is 1. The molecule has 4 rings (SSSR count). The minimum Gasteiger partial charge on any atom is -0.491 e. The first-order chi connectivity index (χ1) is 16.4. The number of rotatable bonds is 7. The number of hydrogen-bond donors (Lipinski definition) is 1. The molecule has 180 valence electrons. The molecule has 0 radical (unpaired) electrons. The third kappa shape index (κ3) is 4.78. The van der Waals surface area contributed by atoms with Gasteiger partial charge < -0.3 is 9.47 Å². The molecule has 1 aliphatic carbocycles. The smallest absolute Gasteiger partial charge is 0.262 e. The third-order valence-electron chi connectivity index (χ3n) is 6.71. The lowest BCUT2D eigenvalue weighted by Crippen LogP contribution is -2.42. The Hall–Kier alpha value is -2.62. The van der Waals surface area contributed by atoms with Gasteiger partial charge >= 0.3 is 0 Å². The molecule has 34 heavy (non-hydrogen) atoms. The standard InChI is InChI=1S/C26H30IN3O4/c1-4-26(27)15-9-8-12-19(26)23(31)29-25-28-21-18(24(32)30(25)2)13-14-20(22(21)33-3)34-16-17-10-6-5-7-11-17/h5-7,10-11,13-14,19H,4,8-9,12,15-16H2,1-3H3,(H,28,29,31). The van der Waals surface area contributed by atoms with Crippen LogP contribution in [0, 0.1) is 5.92 Å². The molecule has 1 aliphatic rings. The molecule has 0 aliphatic heterocycles. The predicted molar refractivity (Wildman–Crippen MR) is 142 cm³/mol. The van der Waals surface area contributed by atoms with E-state index in [2.05, 4.69) is 39.8 Å². The van der Waals surface area contributed by atoms with Crippen LogP contribution in [-0.2, 0) is 18.4 Å². The fourth-order valence-corrected chi connectivity index (χ4v) is 5.61. The highest BCUT2D eigenvalue weighted by atomic mass is 127. The van der Waals surface area contributed by atoms with Crippen molar-refractivity contribution >= 4 is 45.3 Å². The van der Waals surface area contributed by atoms with E-state index in [-0.39, 0.29) is 26.8 Å². The maximum absolute atomic E-state index is 13.3. The first kappa shape index (κ1) is 24.5. The molecule has 2 unspecified atom stereocenters. The van der Waals surface area contributed by atoms with Crippen molar-refractivity contribution in [2.24, 2.45) is 13.0 Å². The summed E-state index contributed by atoms with van der Waals surface area (Å²) in [5, 5.41) is 3.34. The van der Waals surface area contributed by atoms with Gasteiger partial charge in [-0.1, -0.05) is 72.7 Å². The highest BCUT2D eigenvalue weighted by molar-refractivity contribution is 14.1. The first-order valence-electron chi connectivity index (χ1n) is 11.6. The van der Waals surface area contributed by atoms with Gasteiger partial charge in [0.25, 0.3) is 5.56 Å². The van der Waals surface area contributed by atoms with Gasteiger partial charge in [0.1, 0.15) is 12.1 Å². The van der Waals surface area contributed by atoms with Crippen LogP contribution >= 0.6 is 22.6 Å². The van der Waals surface area contributed by atoms with Crippen molar-refractivity contribution in [2.45, 2.75) is 49.1 Å². The van der Waals surface area contributed by atoms with E-state index in [1.807, 2.05) is 30.3 Å². The van der Waals surface area contributed by atoms with Crippen LogP contribution in [-0.4, -0.2) is 26.0 Å². The monoisotopic (exact) mass is 575 g/mol. The average molecular weight is 575 g/mol. The van der Waals surface area contributed by atoms with E-state index >= 15 is 0 Å². The maximum atomic E-state index is 13.3. The van der Waals surface area contributed by atoms with E-state index < -0.39 is 0 Å². The number of fused-ring (bicyclic) bond motifs is 1. The second kappa shape index (κ2) is 10.3. The van der Waals surface area contributed by atoms with Crippen LogP contribution in [0.1, 0.15) is 44.6 Å². The Morgan fingerprint density at radius 3 is 2.71 bits per heavy atom. The van der Waals surface area contributed by atoms with Crippen LogP contribution in [0.15, 0.2) is 47.3 Å². The van der Waals surface area contributed by atoms with E-state index in [1.54, 1.807) is 19.2 Å². The summed E-state index contributed by atoms with van der Waals surface area (Å²) in [5.41, 5.74) is 1.12. The lowest BCUT2D eigenvalue weighted by molar-refractivity contribution is -0.121.